The average molecular weight is 447 g/mol. The second-order valence-corrected chi connectivity index (χ2v) is 8.89. The number of fused-ring (bicyclic) bond motifs is 2. The number of aliphatic hydroxyl groups excluding tert-OH is 2. The summed E-state index contributed by atoms with van der Waals surface area (Å²) in [7, 11) is 0. The van der Waals surface area contributed by atoms with Crippen molar-refractivity contribution < 1.29 is 14.9 Å². The third-order valence-electron chi connectivity index (χ3n) is 6.95. The first-order valence-electron chi connectivity index (χ1n) is 11.3. The van der Waals surface area contributed by atoms with Gasteiger partial charge in [0.25, 0.3) is 0 Å². The van der Waals surface area contributed by atoms with Crippen LogP contribution in [-0.2, 0) is 13.0 Å². The molecule has 4 aromatic rings. The SMILES string of the molecule is Cc1ncnc2c1ccn2C1CC(Oc2cc(-c3cn[nH]c3)cc3c2CNCC3)C(O)C1O. The number of ether oxygens (including phenoxy) is 1. The molecule has 6 rings (SSSR count). The topological polar surface area (TPSA) is 121 Å². The van der Waals surface area contributed by atoms with Crippen LogP contribution in [0.15, 0.2) is 43.1 Å². The lowest BCUT2D eigenvalue weighted by atomic mass is 9.95. The van der Waals surface area contributed by atoms with Crippen molar-refractivity contribution in [2.45, 2.75) is 50.7 Å². The molecule has 2 aliphatic rings. The van der Waals surface area contributed by atoms with Crippen molar-refractivity contribution in [3.63, 3.8) is 0 Å². The van der Waals surface area contributed by atoms with Gasteiger partial charge in [0.15, 0.2) is 0 Å². The van der Waals surface area contributed by atoms with Gasteiger partial charge in [-0.1, -0.05) is 6.07 Å². The molecule has 170 valence electrons. The summed E-state index contributed by atoms with van der Waals surface area (Å²) in [6, 6.07) is 5.80. The minimum Gasteiger partial charge on any atom is -0.487 e. The van der Waals surface area contributed by atoms with Crippen molar-refractivity contribution in [2.24, 2.45) is 0 Å². The number of rotatable bonds is 4. The standard InChI is InChI=1S/C24H26N6O3/c1-13-17-3-5-30(24(17)27-12-26-13)19-8-21(23(32)22(19)31)33-20-7-15(16-9-28-29-10-16)6-14-2-4-25-11-18(14)20/h3,5-7,9-10,12,19,21-23,25,31-32H,2,4,8,11H2,1H3,(H,28,29). The zero-order valence-corrected chi connectivity index (χ0v) is 18.3. The molecule has 0 bridgehead atoms. The molecule has 33 heavy (non-hydrogen) atoms. The maximum absolute atomic E-state index is 10.9. The molecule has 9 nitrogen and oxygen atoms in total. The Hall–Kier alpha value is -3.27. The minimum atomic E-state index is -1.01. The van der Waals surface area contributed by atoms with Crippen molar-refractivity contribution in [1.82, 2.24) is 30.0 Å². The zero-order chi connectivity index (χ0) is 22.5. The smallest absolute Gasteiger partial charge is 0.143 e. The molecule has 4 atom stereocenters. The lowest BCUT2D eigenvalue weighted by molar-refractivity contribution is -0.0166. The molecule has 1 aromatic carbocycles. The third kappa shape index (κ3) is 3.40. The Morgan fingerprint density at radius 2 is 2.06 bits per heavy atom. The van der Waals surface area contributed by atoms with Crippen molar-refractivity contribution in [2.75, 3.05) is 6.54 Å². The van der Waals surface area contributed by atoms with Crippen LogP contribution in [0.25, 0.3) is 22.2 Å². The second-order valence-electron chi connectivity index (χ2n) is 8.89. The fourth-order valence-corrected chi connectivity index (χ4v) is 5.13. The zero-order valence-electron chi connectivity index (χ0n) is 18.3. The molecular formula is C24H26N6O3. The van der Waals surface area contributed by atoms with Gasteiger partial charge in [-0.3, -0.25) is 5.10 Å². The van der Waals surface area contributed by atoms with Crippen molar-refractivity contribution in [3.05, 3.63) is 59.9 Å². The number of aliphatic hydroxyl groups is 2. The van der Waals surface area contributed by atoms with E-state index in [2.05, 4.69) is 31.5 Å². The van der Waals surface area contributed by atoms with Crippen LogP contribution >= 0.6 is 0 Å². The summed E-state index contributed by atoms with van der Waals surface area (Å²) < 4.78 is 8.36. The molecule has 4 N–H and O–H groups in total. The maximum atomic E-state index is 10.9. The van der Waals surface area contributed by atoms with E-state index in [1.165, 1.54) is 11.9 Å². The predicted molar refractivity (Wildman–Crippen MR) is 122 cm³/mol. The predicted octanol–water partition coefficient (Wildman–Crippen LogP) is 1.89. The summed E-state index contributed by atoms with van der Waals surface area (Å²) >= 11 is 0. The van der Waals surface area contributed by atoms with E-state index < -0.39 is 18.3 Å². The van der Waals surface area contributed by atoms with Crippen LogP contribution in [0.3, 0.4) is 0 Å². The number of benzene rings is 1. The molecule has 9 heteroatoms. The first-order chi connectivity index (χ1) is 16.1. The Bertz CT molecular complexity index is 1300. The molecule has 1 saturated carbocycles. The van der Waals surface area contributed by atoms with Gasteiger partial charge in [-0.05, 0) is 43.1 Å². The van der Waals surface area contributed by atoms with E-state index in [0.717, 1.165) is 52.1 Å². The Kier molecular flexibility index (Phi) is 4.90. The lowest BCUT2D eigenvalue weighted by Gasteiger charge is -2.25. The fraction of sp³-hybridized carbons (Fsp3) is 0.375. The number of nitrogens with zero attached hydrogens (tertiary/aromatic N) is 4. The van der Waals surface area contributed by atoms with Crippen molar-refractivity contribution >= 4 is 11.0 Å². The Morgan fingerprint density at radius 1 is 1.15 bits per heavy atom. The first-order valence-corrected chi connectivity index (χ1v) is 11.3. The summed E-state index contributed by atoms with van der Waals surface area (Å²) in [5.74, 6) is 0.739. The van der Waals surface area contributed by atoms with E-state index in [4.69, 9.17) is 4.74 Å². The van der Waals surface area contributed by atoms with Gasteiger partial charge in [0.05, 0.1) is 17.9 Å². The minimum absolute atomic E-state index is 0.345. The quantitative estimate of drug-likeness (QED) is 0.378. The molecule has 0 radical (unpaired) electrons. The Morgan fingerprint density at radius 3 is 2.91 bits per heavy atom. The maximum Gasteiger partial charge on any atom is 0.143 e. The van der Waals surface area contributed by atoms with Crippen molar-refractivity contribution in [1.29, 1.82) is 0 Å². The van der Waals surface area contributed by atoms with Crippen LogP contribution in [0.4, 0.5) is 0 Å². The summed E-state index contributed by atoms with van der Waals surface area (Å²) in [6.45, 7) is 3.56. The first kappa shape index (κ1) is 20.3. The summed E-state index contributed by atoms with van der Waals surface area (Å²) in [5, 5.41) is 33.1. The highest BCUT2D eigenvalue weighted by atomic mass is 16.5. The number of aromatic nitrogens is 5. The highest BCUT2D eigenvalue weighted by Crippen LogP contribution is 2.39. The fourth-order valence-electron chi connectivity index (χ4n) is 5.13. The van der Waals surface area contributed by atoms with E-state index in [9.17, 15) is 10.2 Å². The third-order valence-corrected chi connectivity index (χ3v) is 6.95. The van der Waals surface area contributed by atoms with Crippen LogP contribution < -0.4 is 10.1 Å². The molecule has 4 unspecified atom stereocenters. The molecule has 0 saturated heterocycles. The van der Waals surface area contributed by atoms with Gasteiger partial charge in [-0.25, -0.2) is 9.97 Å². The highest BCUT2D eigenvalue weighted by Gasteiger charge is 2.44. The molecule has 1 fully saturated rings. The van der Waals surface area contributed by atoms with Gasteiger partial charge in [0.1, 0.15) is 36.0 Å². The highest BCUT2D eigenvalue weighted by molar-refractivity contribution is 5.78. The van der Waals surface area contributed by atoms with Gasteiger partial charge in [-0.15, -0.1) is 0 Å². The molecule has 1 aliphatic heterocycles. The Balaban J connectivity index is 1.33. The van der Waals surface area contributed by atoms with E-state index in [-0.39, 0.29) is 6.04 Å². The Labute approximate surface area is 190 Å². The van der Waals surface area contributed by atoms with Crippen molar-refractivity contribution in [3.8, 4) is 16.9 Å². The number of H-pyrrole nitrogens is 1. The number of aromatic amines is 1. The summed E-state index contributed by atoms with van der Waals surface area (Å²) in [6.07, 6.45) is 5.93. The molecule has 3 aromatic heterocycles. The van der Waals surface area contributed by atoms with Gasteiger partial charge in [-0.2, -0.15) is 5.10 Å². The molecule has 1 aliphatic carbocycles. The van der Waals surface area contributed by atoms with Gasteiger partial charge in [0.2, 0.25) is 0 Å². The molecule has 0 amide bonds. The van der Waals surface area contributed by atoms with Crippen LogP contribution in [0.2, 0.25) is 0 Å². The van der Waals surface area contributed by atoms with Gasteiger partial charge in [0, 0.05) is 41.9 Å². The van der Waals surface area contributed by atoms with Gasteiger partial charge < -0.3 is 24.8 Å². The van der Waals surface area contributed by atoms with E-state index >= 15 is 0 Å². The number of aryl methyl sites for hydroxylation is 1. The van der Waals surface area contributed by atoms with Crippen LogP contribution in [0.5, 0.6) is 5.75 Å². The molecule has 0 spiro atoms. The lowest BCUT2D eigenvalue weighted by Crippen LogP contribution is -2.34. The van der Waals surface area contributed by atoms with Gasteiger partial charge >= 0.3 is 0 Å². The number of hydrogen-bond acceptors (Lipinski definition) is 7. The molecular weight excluding hydrogens is 420 g/mol. The largest absolute Gasteiger partial charge is 0.487 e. The van der Waals surface area contributed by atoms with Crippen LogP contribution in [0.1, 0.15) is 29.3 Å². The van der Waals surface area contributed by atoms with E-state index in [1.54, 1.807) is 6.20 Å². The second kappa shape index (κ2) is 7.95. The number of nitrogens with one attached hydrogen (secondary N) is 2. The normalized spacial score (nSPS) is 24.8. The van der Waals surface area contributed by atoms with E-state index in [0.29, 0.717) is 13.0 Å². The van der Waals surface area contributed by atoms with E-state index in [1.807, 2.05) is 36.0 Å². The number of hydrogen-bond donors (Lipinski definition) is 4. The monoisotopic (exact) mass is 446 g/mol. The average Bonchev–Trinajstić information content (AvgIpc) is 3.56. The van der Waals surface area contributed by atoms with Crippen LogP contribution in [0, 0.1) is 6.92 Å². The summed E-state index contributed by atoms with van der Waals surface area (Å²) in [5.41, 5.74) is 5.98. The van der Waals surface area contributed by atoms with Crippen LogP contribution in [-0.4, -0.2) is 59.8 Å². The summed E-state index contributed by atoms with van der Waals surface area (Å²) in [4.78, 5) is 8.66. The molecule has 4 heterocycles.